The number of carboxylic acids is 1. The standard InChI is InChI=1S/C14H21NO4S/c1-3-8-15(9-4-2)20(18,19)11-12-6-5-7-13(10-12)14(16)17/h5-7,10H,3-4,8-9,11H2,1-2H3,(H,16,17). The second-order valence-corrected chi connectivity index (χ2v) is 6.63. The van der Waals surface area contributed by atoms with Crippen molar-refractivity contribution in [2.45, 2.75) is 32.4 Å². The summed E-state index contributed by atoms with van der Waals surface area (Å²) in [6.45, 7) is 4.86. The van der Waals surface area contributed by atoms with Crippen LogP contribution in [0.3, 0.4) is 0 Å². The maximum atomic E-state index is 12.3. The molecule has 0 aliphatic rings. The molecule has 0 saturated carbocycles. The van der Waals surface area contributed by atoms with E-state index in [4.69, 9.17) is 5.11 Å². The summed E-state index contributed by atoms with van der Waals surface area (Å²) in [5.41, 5.74) is 0.609. The molecule has 0 heterocycles. The largest absolute Gasteiger partial charge is 0.478 e. The highest BCUT2D eigenvalue weighted by molar-refractivity contribution is 7.88. The molecule has 0 saturated heterocycles. The van der Waals surface area contributed by atoms with Gasteiger partial charge in [-0.15, -0.1) is 0 Å². The highest BCUT2D eigenvalue weighted by atomic mass is 32.2. The lowest BCUT2D eigenvalue weighted by atomic mass is 10.1. The lowest BCUT2D eigenvalue weighted by Crippen LogP contribution is -2.33. The van der Waals surface area contributed by atoms with Crippen LogP contribution in [0.2, 0.25) is 0 Å². The number of rotatable bonds is 8. The van der Waals surface area contributed by atoms with Crippen molar-refractivity contribution in [1.29, 1.82) is 0 Å². The summed E-state index contributed by atoms with van der Waals surface area (Å²) in [7, 11) is -3.40. The Bertz CT molecular complexity index is 548. The third kappa shape index (κ3) is 4.61. The second kappa shape index (κ2) is 7.40. The number of sulfonamides is 1. The van der Waals surface area contributed by atoms with Gasteiger partial charge >= 0.3 is 5.97 Å². The van der Waals surface area contributed by atoms with Crippen LogP contribution in [0.4, 0.5) is 0 Å². The molecule has 1 N–H and O–H groups in total. The van der Waals surface area contributed by atoms with Crippen LogP contribution in [-0.4, -0.2) is 36.9 Å². The molecule has 20 heavy (non-hydrogen) atoms. The molecule has 5 nitrogen and oxygen atoms in total. The van der Waals surface area contributed by atoms with Gasteiger partial charge in [-0.1, -0.05) is 26.0 Å². The number of carboxylic acid groups (broad SMARTS) is 1. The molecule has 0 atom stereocenters. The second-order valence-electron chi connectivity index (χ2n) is 4.66. The number of aromatic carboxylic acids is 1. The fraction of sp³-hybridized carbons (Fsp3) is 0.500. The first-order valence-corrected chi connectivity index (χ1v) is 8.31. The maximum absolute atomic E-state index is 12.3. The monoisotopic (exact) mass is 299 g/mol. The fourth-order valence-corrected chi connectivity index (χ4v) is 3.69. The van der Waals surface area contributed by atoms with Crippen LogP contribution in [0, 0.1) is 0 Å². The van der Waals surface area contributed by atoms with Gasteiger partial charge < -0.3 is 5.11 Å². The van der Waals surface area contributed by atoms with Gasteiger partial charge in [-0.3, -0.25) is 0 Å². The van der Waals surface area contributed by atoms with Gasteiger partial charge in [0.15, 0.2) is 0 Å². The minimum atomic E-state index is -3.40. The molecule has 1 aromatic carbocycles. The van der Waals surface area contributed by atoms with E-state index < -0.39 is 16.0 Å². The normalized spacial score (nSPS) is 11.8. The van der Waals surface area contributed by atoms with Crippen LogP contribution in [0.15, 0.2) is 24.3 Å². The number of hydrogen-bond donors (Lipinski definition) is 1. The molecule has 0 aliphatic heterocycles. The van der Waals surface area contributed by atoms with Crippen LogP contribution in [0.25, 0.3) is 0 Å². The van der Waals surface area contributed by atoms with Crippen molar-refractivity contribution in [1.82, 2.24) is 4.31 Å². The highest BCUT2D eigenvalue weighted by Crippen LogP contribution is 2.14. The molecule has 0 radical (unpaired) electrons. The van der Waals surface area contributed by atoms with E-state index >= 15 is 0 Å². The van der Waals surface area contributed by atoms with E-state index in [1.807, 2.05) is 13.8 Å². The van der Waals surface area contributed by atoms with E-state index in [-0.39, 0.29) is 11.3 Å². The summed E-state index contributed by atoms with van der Waals surface area (Å²) in [5, 5.41) is 8.93. The molecule has 0 unspecified atom stereocenters. The van der Waals surface area contributed by atoms with E-state index in [0.717, 1.165) is 12.8 Å². The molecule has 0 aromatic heterocycles. The van der Waals surface area contributed by atoms with Gasteiger partial charge in [0.05, 0.1) is 11.3 Å². The van der Waals surface area contributed by atoms with Gasteiger partial charge in [-0.05, 0) is 30.5 Å². The molecule has 1 aromatic rings. The summed E-state index contributed by atoms with van der Waals surface area (Å²) < 4.78 is 26.2. The molecule has 0 amide bonds. The summed E-state index contributed by atoms with van der Waals surface area (Å²) >= 11 is 0. The Kier molecular flexibility index (Phi) is 6.16. The Balaban J connectivity index is 2.94. The predicted octanol–water partition coefficient (Wildman–Crippen LogP) is 2.34. The molecule has 112 valence electrons. The van der Waals surface area contributed by atoms with Crippen molar-refractivity contribution >= 4 is 16.0 Å². The lowest BCUT2D eigenvalue weighted by Gasteiger charge is -2.21. The minimum absolute atomic E-state index is 0.107. The SMILES string of the molecule is CCCN(CCC)S(=O)(=O)Cc1cccc(C(=O)O)c1. The van der Waals surface area contributed by atoms with Crippen molar-refractivity contribution in [2.24, 2.45) is 0 Å². The first kappa shape index (κ1) is 16.7. The molecule has 6 heteroatoms. The van der Waals surface area contributed by atoms with Gasteiger partial charge in [0.25, 0.3) is 0 Å². The third-order valence-electron chi connectivity index (χ3n) is 2.86. The van der Waals surface area contributed by atoms with Gasteiger partial charge in [-0.2, -0.15) is 0 Å². The average molecular weight is 299 g/mol. The van der Waals surface area contributed by atoms with Crippen molar-refractivity contribution in [3.05, 3.63) is 35.4 Å². The van der Waals surface area contributed by atoms with Crippen LogP contribution in [0.5, 0.6) is 0 Å². The van der Waals surface area contributed by atoms with Crippen molar-refractivity contribution in [2.75, 3.05) is 13.1 Å². The Morgan fingerprint density at radius 1 is 1.20 bits per heavy atom. The molecule has 0 bridgehead atoms. The summed E-state index contributed by atoms with van der Waals surface area (Å²) in [5.74, 6) is -1.21. The Labute approximate surface area is 120 Å². The Hall–Kier alpha value is -1.40. The van der Waals surface area contributed by atoms with Crippen LogP contribution in [0.1, 0.15) is 42.6 Å². The first-order chi connectivity index (χ1) is 9.40. The molecule has 0 aliphatic carbocycles. The zero-order chi connectivity index (χ0) is 15.2. The van der Waals surface area contributed by atoms with Gasteiger partial charge in [0.1, 0.15) is 0 Å². The van der Waals surface area contributed by atoms with E-state index in [0.29, 0.717) is 18.7 Å². The zero-order valence-electron chi connectivity index (χ0n) is 11.9. The summed E-state index contributed by atoms with van der Waals surface area (Å²) in [4.78, 5) is 10.9. The predicted molar refractivity (Wildman–Crippen MR) is 78.2 cm³/mol. The molecular formula is C14H21NO4S. The third-order valence-corrected chi connectivity index (χ3v) is 4.71. The quantitative estimate of drug-likeness (QED) is 0.799. The zero-order valence-corrected chi connectivity index (χ0v) is 12.7. The smallest absolute Gasteiger partial charge is 0.335 e. The summed E-state index contributed by atoms with van der Waals surface area (Å²) in [6, 6.07) is 6.07. The molecule has 0 spiro atoms. The number of hydrogen-bond acceptors (Lipinski definition) is 3. The highest BCUT2D eigenvalue weighted by Gasteiger charge is 2.21. The summed E-state index contributed by atoms with van der Waals surface area (Å²) in [6.07, 6.45) is 1.52. The van der Waals surface area contributed by atoms with Crippen molar-refractivity contribution < 1.29 is 18.3 Å². The number of carbonyl (C=O) groups is 1. The van der Waals surface area contributed by atoms with E-state index in [1.54, 1.807) is 12.1 Å². The van der Waals surface area contributed by atoms with Crippen LogP contribution < -0.4 is 0 Å². The van der Waals surface area contributed by atoms with Crippen LogP contribution in [-0.2, 0) is 15.8 Å². The molecular weight excluding hydrogens is 278 g/mol. The number of nitrogens with zero attached hydrogens (tertiary/aromatic N) is 1. The fourth-order valence-electron chi connectivity index (χ4n) is 1.98. The topological polar surface area (TPSA) is 74.7 Å². The number of benzene rings is 1. The Morgan fingerprint density at radius 2 is 1.80 bits per heavy atom. The lowest BCUT2D eigenvalue weighted by molar-refractivity contribution is 0.0696. The van der Waals surface area contributed by atoms with Gasteiger partial charge in [0.2, 0.25) is 10.0 Å². The minimum Gasteiger partial charge on any atom is -0.478 e. The van der Waals surface area contributed by atoms with E-state index in [1.165, 1.54) is 16.4 Å². The maximum Gasteiger partial charge on any atom is 0.335 e. The molecule has 1 rings (SSSR count). The first-order valence-electron chi connectivity index (χ1n) is 6.70. The molecule has 0 fully saturated rings. The van der Waals surface area contributed by atoms with E-state index in [9.17, 15) is 13.2 Å². The van der Waals surface area contributed by atoms with E-state index in [2.05, 4.69) is 0 Å². The average Bonchev–Trinajstić information content (AvgIpc) is 2.38. The van der Waals surface area contributed by atoms with Gasteiger partial charge in [0, 0.05) is 13.1 Å². The van der Waals surface area contributed by atoms with Crippen LogP contribution >= 0.6 is 0 Å². The van der Waals surface area contributed by atoms with Crippen molar-refractivity contribution in [3.63, 3.8) is 0 Å². The van der Waals surface area contributed by atoms with Gasteiger partial charge in [-0.25, -0.2) is 17.5 Å². The van der Waals surface area contributed by atoms with Crippen molar-refractivity contribution in [3.8, 4) is 0 Å². The Morgan fingerprint density at radius 3 is 2.30 bits per heavy atom.